The highest BCUT2D eigenvalue weighted by atomic mass is 35.5. The van der Waals surface area contributed by atoms with Gasteiger partial charge in [0.05, 0.1) is 30.5 Å². The number of halogens is 4. The number of pyridine rings is 1. The van der Waals surface area contributed by atoms with Crippen molar-refractivity contribution in [3.8, 4) is 17.2 Å². The minimum absolute atomic E-state index is 0.0137. The van der Waals surface area contributed by atoms with E-state index in [9.17, 15) is 14.0 Å². The first kappa shape index (κ1) is 23.6. The van der Waals surface area contributed by atoms with E-state index in [0.717, 1.165) is 10.9 Å². The summed E-state index contributed by atoms with van der Waals surface area (Å²) in [5.41, 5.74) is 1.30. The van der Waals surface area contributed by atoms with Gasteiger partial charge < -0.3 is 14.7 Å². The zero-order valence-electron chi connectivity index (χ0n) is 18.3. The summed E-state index contributed by atoms with van der Waals surface area (Å²) >= 11 is 11.5. The number of alkyl halides is 3. The van der Waals surface area contributed by atoms with E-state index < -0.39 is 11.1 Å². The highest BCUT2D eigenvalue weighted by molar-refractivity contribution is 6.31. The summed E-state index contributed by atoms with van der Waals surface area (Å²) in [6.45, 7) is 2.68. The second-order valence-electron chi connectivity index (χ2n) is 8.11. The zero-order chi connectivity index (χ0) is 24.9. The highest BCUT2D eigenvalue weighted by Gasteiger charge is 2.39. The molecule has 0 unspecified atom stereocenters. The molecule has 1 fully saturated rings. The third-order valence-electron chi connectivity index (χ3n) is 5.87. The van der Waals surface area contributed by atoms with Crippen molar-refractivity contribution in [1.29, 1.82) is 5.26 Å². The Morgan fingerprint density at radius 2 is 2.09 bits per heavy atom. The molecule has 0 radical (unpaired) electrons. The van der Waals surface area contributed by atoms with Crippen LogP contribution >= 0.6 is 23.2 Å². The fourth-order valence-corrected chi connectivity index (χ4v) is 4.63. The first-order chi connectivity index (χ1) is 16.7. The van der Waals surface area contributed by atoms with E-state index in [1.807, 2.05) is 11.0 Å². The number of anilines is 1. The fraction of sp³-hybridized carbons (Fsp3) is 0.304. The highest BCUT2D eigenvalue weighted by Crippen LogP contribution is 2.42. The summed E-state index contributed by atoms with van der Waals surface area (Å²) in [5.74, 6) is 0.475. The smallest absolute Gasteiger partial charge is 0.367 e. The van der Waals surface area contributed by atoms with E-state index in [4.69, 9.17) is 33.0 Å². The maximum atomic E-state index is 14.2. The Morgan fingerprint density at radius 3 is 2.77 bits per heavy atom. The maximum absolute atomic E-state index is 14.2. The average Bonchev–Trinajstić information content (AvgIpc) is 3.16. The molecule has 1 N–H and O–H groups in total. The third kappa shape index (κ3) is 4.04. The molecule has 3 aromatic heterocycles. The minimum atomic E-state index is -3.86. The number of fused-ring (bicyclic) bond motifs is 2. The van der Waals surface area contributed by atoms with E-state index in [2.05, 4.69) is 15.1 Å². The molecule has 12 heteroatoms. The molecule has 5 rings (SSSR count). The number of aliphatic hydroxyl groups is 1. The quantitative estimate of drug-likeness (QED) is 0.380. The van der Waals surface area contributed by atoms with Gasteiger partial charge in [-0.05, 0) is 42.3 Å². The Bertz CT molecular complexity index is 1490. The van der Waals surface area contributed by atoms with E-state index in [1.54, 1.807) is 37.4 Å². The van der Waals surface area contributed by atoms with Gasteiger partial charge in [0.15, 0.2) is 11.3 Å². The van der Waals surface area contributed by atoms with Gasteiger partial charge in [-0.1, -0.05) is 17.7 Å². The van der Waals surface area contributed by atoms with Gasteiger partial charge in [0.2, 0.25) is 0 Å². The molecule has 0 spiro atoms. The van der Waals surface area contributed by atoms with Gasteiger partial charge in [-0.2, -0.15) is 23.7 Å². The molecule has 0 aliphatic carbocycles. The lowest BCUT2D eigenvalue weighted by molar-refractivity contribution is 0.0131. The number of ether oxygens (including phenoxy) is 1. The van der Waals surface area contributed by atoms with Crippen LogP contribution in [0.4, 0.5) is 14.6 Å². The number of rotatable bonds is 6. The lowest BCUT2D eigenvalue weighted by Crippen LogP contribution is -2.53. The molecule has 180 valence electrons. The third-order valence-corrected chi connectivity index (χ3v) is 6.28. The maximum Gasteiger partial charge on any atom is 0.367 e. The molecule has 4 heterocycles. The molecule has 0 atom stereocenters. The van der Waals surface area contributed by atoms with Crippen LogP contribution in [0.5, 0.6) is 0 Å². The molecule has 35 heavy (non-hydrogen) atoms. The normalized spacial score (nSPS) is 14.5. The topological polar surface area (TPSA) is 99.6 Å². The van der Waals surface area contributed by atoms with Crippen molar-refractivity contribution in [3.63, 3.8) is 0 Å². The molecule has 1 aromatic carbocycles. The van der Waals surface area contributed by atoms with Gasteiger partial charge in [-0.25, -0.2) is 4.98 Å². The molecule has 0 saturated carbocycles. The SMILES string of the molecule is Cc1nc2c(C#N)c(C(F)(F)Cl)nn2c(N2CC(OCCO)C2)c1-c1ccnc2cc(Cl)ccc12. The monoisotopic (exact) mass is 518 g/mol. The molecule has 1 saturated heterocycles. The number of hydrogen-bond acceptors (Lipinski definition) is 7. The second kappa shape index (κ2) is 8.84. The second-order valence-corrected chi connectivity index (χ2v) is 9.02. The van der Waals surface area contributed by atoms with Crippen molar-refractivity contribution < 1.29 is 18.6 Å². The van der Waals surface area contributed by atoms with Crippen molar-refractivity contribution in [2.45, 2.75) is 18.4 Å². The van der Waals surface area contributed by atoms with Crippen molar-refractivity contribution in [2.75, 3.05) is 31.2 Å². The number of nitriles is 1. The van der Waals surface area contributed by atoms with Crippen molar-refractivity contribution in [2.24, 2.45) is 0 Å². The molecule has 4 aromatic rings. The van der Waals surface area contributed by atoms with Crippen molar-refractivity contribution >= 4 is 45.6 Å². The van der Waals surface area contributed by atoms with Crippen molar-refractivity contribution in [3.05, 3.63) is 52.4 Å². The number of aromatic nitrogens is 4. The van der Waals surface area contributed by atoms with Crippen LogP contribution < -0.4 is 4.90 Å². The zero-order valence-corrected chi connectivity index (χ0v) is 19.9. The standard InChI is InChI=1S/C23H18Cl2F2N6O2/c1-12-19(16-4-5-29-18-8-13(24)2-3-15(16)18)22(32-10-14(11-32)35-7-6-34)33-21(30-12)17(9-28)20(31-33)23(25,26)27/h2-5,8,14,34H,6-7,10-11H2,1H3. The molecular weight excluding hydrogens is 501 g/mol. The lowest BCUT2D eigenvalue weighted by atomic mass is 9.98. The van der Waals surface area contributed by atoms with Crippen LogP contribution in [-0.4, -0.2) is 57.1 Å². The summed E-state index contributed by atoms with van der Waals surface area (Å²) in [7, 11) is 0. The van der Waals surface area contributed by atoms with Gasteiger partial charge in [0.1, 0.15) is 17.5 Å². The van der Waals surface area contributed by atoms with E-state index in [0.29, 0.717) is 40.7 Å². The van der Waals surface area contributed by atoms with Gasteiger partial charge in [0.25, 0.3) is 0 Å². The molecule has 1 aliphatic rings. The van der Waals surface area contributed by atoms with Crippen LogP contribution in [0.3, 0.4) is 0 Å². The van der Waals surface area contributed by atoms with Gasteiger partial charge in [0, 0.05) is 35.3 Å². The minimum Gasteiger partial charge on any atom is -0.394 e. The summed E-state index contributed by atoms with van der Waals surface area (Å²) in [5, 5.41) is 20.2. The van der Waals surface area contributed by atoms with Crippen LogP contribution in [0.2, 0.25) is 5.02 Å². The molecular formula is C23H18Cl2F2N6O2. The number of benzene rings is 1. The van der Waals surface area contributed by atoms with Crippen LogP contribution in [0, 0.1) is 18.3 Å². The van der Waals surface area contributed by atoms with Gasteiger partial charge in [-0.3, -0.25) is 4.98 Å². The number of nitrogens with zero attached hydrogens (tertiary/aromatic N) is 6. The lowest BCUT2D eigenvalue weighted by Gasteiger charge is -2.41. The number of aliphatic hydroxyl groups excluding tert-OH is 1. The Labute approximate surface area is 208 Å². The largest absolute Gasteiger partial charge is 0.394 e. The predicted octanol–water partition coefficient (Wildman–Crippen LogP) is 4.26. The Kier molecular flexibility index (Phi) is 5.97. The summed E-state index contributed by atoms with van der Waals surface area (Å²) < 4.78 is 35.2. The van der Waals surface area contributed by atoms with Gasteiger partial charge >= 0.3 is 5.38 Å². The van der Waals surface area contributed by atoms with Crippen molar-refractivity contribution in [1.82, 2.24) is 19.6 Å². The predicted molar refractivity (Wildman–Crippen MR) is 127 cm³/mol. The average molecular weight is 519 g/mol. The summed E-state index contributed by atoms with van der Waals surface area (Å²) in [4.78, 5) is 10.8. The van der Waals surface area contributed by atoms with Crippen LogP contribution in [0.25, 0.3) is 27.7 Å². The summed E-state index contributed by atoms with van der Waals surface area (Å²) in [6.07, 6.45) is 1.47. The fourth-order valence-electron chi connectivity index (χ4n) is 4.33. The Balaban J connectivity index is 1.79. The van der Waals surface area contributed by atoms with Crippen LogP contribution in [0.1, 0.15) is 17.0 Å². The first-order valence-electron chi connectivity index (χ1n) is 10.7. The number of hydrogen-bond donors (Lipinski definition) is 1. The Morgan fingerprint density at radius 1 is 1.31 bits per heavy atom. The van der Waals surface area contributed by atoms with E-state index in [-0.39, 0.29) is 30.5 Å². The molecule has 8 nitrogen and oxygen atoms in total. The van der Waals surface area contributed by atoms with E-state index in [1.165, 1.54) is 4.52 Å². The first-order valence-corrected chi connectivity index (χ1v) is 11.4. The summed E-state index contributed by atoms with van der Waals surface area (Å²) in [6, 6.07) is 8.90. The molecule has 0 amide bonds. The molecule has 1 aliphatic heterocycles. The van der Waals surface area contributed by atoms with Crippen LogP contribution in [0.15, 0.2) is 30.5 Å². The van der Waals surface area contributed by atoms with E-state index >= 15 is 0 Å². The number of aryl methyl sites for hydroxylation is 1. The molecule has 0 bridgehead atoms. The Hall–Kier alpha value is -3.10. The van der Waals surface area contributed by atoms with Crippen LogP contribution in [-0.2, 0) is 10.1 Å². The van der Waals surface area contributed by atoms with Gasteiger partial charge in [-0.15, -0.1) is 0 Å².